The molecule has 50 heavy (non-hydrogen) atoms. The zero-order chi connectivity index (χ0) is 37.6. The average Bonchev–Trinajstić information content (AvgIpc) is 3.30. The van der Waals surface area contributed by atoms with E-state index in [9.17, 15) is 10.5 Å². The van der Waals surface area contributed by atoms with E-state index in [1.165, 1.54) is 44.9 Å². The van der Waals surface area contributed by atoms with Crippen molar-refractivity contribution in [2.75, 3.05) is 0 Å². The first-order valence-electron chi connectivity index (χ1n) is 19.1. The zero-order valence-corrected chi connectivity index (χ0v) is 37.4. The number of para-hydroxylation sites is 2. The van der Waals surface area contributed by atoms with Gasteiger partial charge in [-0.3, -0.25) is 0 Å². The van der Waals surface area contributed by atoms with E-state index >= 15 is 0 Å². The third-order valence-electron chi connectivity index (χ3n) is 11.8. The minimum absolute atomic E-state index is 0.150. The number of hydrogen-bond donors (Lipinski definition) is 0. The van der Waals surface area contributed by atoms with Crippen molar-refractivity contribution < 1.29 is 9.15 Å². The molecule has 3 aliphatic rings. The molecule has 0 N–H and O–H groups in total. The fourth-order valence-electron chi connectivity index (χ4n) is 10.6. The fourth-order valence-corrected chi connectivity index (χ4v) is 24.1. The van der Waals surface area contributed by atoms with Crippen LogP contribution in [0.25, 0.3) is 0 Å². The molecule has 0 bridgehead atoms. The first-order valence-corrected chi connectivity index (χ1v) is 23.0. The topological polar surface area (TPSA) is 53.6 Å². The molecule has 3 heterocycles. The molecule has 268 valence electrons. The molecule has 1 fully saturated rings. The maximum absolute atomic E-state index is 11.6. The summed E-state index contributed by atoms with van der Waals surface area (Å²) in [6.07, 6.45) is 1.98. The van der Waals surface area contributed by atoms with Gasteiger partial charge in [0.05, 0.1) is 0 Å². The summed E-state index contributed by atoms with van der Waals surface area (Å²) in [5.74, 6) is 7.62. The van der Waals surface area contributed by atoms with E-state index in [4.69, 9.17) is 0 Å². The van der Waals surface area contributed by atoms with Crippen LogP contribution in [-0.2, 0) is 0 Å². The molecule has 2 aromatic carbocycles. The van der Waals surface area contributed by atoms with Crippen LogP contribution in [0.2, 0.25) is 0 Å². The number of hydrogen-bond acceptors (Lipinski definition) is 2. The van der Waals surface area contributed by atoms with Crippen LogP contribution in [0.4, 0.5) is 11.4 Å². The summed E-state index contributed by atoms with van der Waals surface area (Å²) < 4.78 is 2.29. The number of nitrogens with zero attached hydrogens (tertiary/aromatic N) is 4. The van der Waals surface area contributed by atoms with Gasteiger partial charge in [-0.15, -0.1) is 0 Å². The van der Waals surface area contributed by atoms with Gasteiger partial charge in [-0.2, -0.15) is 0 Å². The molecule has 0 saturated carbocycles. The second kappa shape index (κ2) is 12.8. The van der Waals surface area contributed by atoms with Gasteiger partial charge in [-0.05, 0) is 0 Å². The van der Waals surface area contributed by atoms with Crippen LogP contribution in [0.15, 0.2) is 36.4 Å². The zero-order valence-electron chi connectivity index (χ0n) is 33.9. The molecule has 2 aromatic rings. The number of rotatable bonds is 8. The summed E-state index contributed by atoms with van der Waals surface area (Å²) >= 11 is -0.342. The van der Waals surface area contributed by atoms with Crippen LogP contribution < -0.4 is 0 Å². The van der Waals surface area contributed by atoms with Gasteiger partial charge in [0, 0.05) is 0 Å². The molecule has 0 aromatic heterocycles. The average molecular weight is 803 g/mol. The van der Waals surface area contributed by atoms with Gasteiger partial charge in [-0.1, -0.05) is 0 Å². The summed E-state index contributed by atoms with van der Waals surface area (Å²) in [4.78, 5) is 0. The van der Waals surface area contributed by atoms with Gasteiger partial charge in [-0.25, -0.2) is 0 Å². The van der Waals surface area contributed by atoms with Crippen LogP contribution in [0.5, 0.6) is 0 Å². The van der Waals surface area contributed by atoms with Crippen molar-refractivity contribution in [1.29, 1.82) is 10.5 Å². The van der Waals surface area contributed by atoms with Crippen LogP contribution in [0.3, 0.4) is 0 Å². The van der Waals surface area contributed by atoms with Crippen molar-refractivity contribution in [3.63, 3.8) is 0 Å². The minimum atomic E-state index is -1.54. The van der Waals surface area contributed by atoms with Crippen molar-refractivity contribution in [3.05, 3.63) is 58.7 Å². The van der Waals surface area contributed by atoms with Gasteiger partial charge >= 0.3 is 319 Å². The van der Waals surface area contributed by atoms with E-state index in [2.05, 4.69) is 168 Å². The summed E-state index contributed by atoms with van der Waals surface area (Å²) in [5.41, 5.74) is 10.2. The van der Waals surface area contributed by atoms with Gasteiger partial charge < -0.3 is 0 Å². The SMILES string of the molecule is CC(C)c1cccc(C(C)C)c1[N+]1=C([B-]2(C#N)[Se][B-](C#N)(C3=[N+](c4c(C(C)C)cccc4C(C)C)C(C)(C)CC3(C)C)[Se]2)C(C)(C)CC1(C)C. The van der Waals surface area contributed by atoms with Gasteiger partial charge in [0.1, 0.15) is 0 Å². The summed E-state index contributed by atoms with van der Waals surface area (Å²) in [7, 11) is 0. The molecule has 8 heteroatoms. The van der Waals surface area contributed by atoms with Crippen LogP contribution in [0.1, 0.15) is 170 Å². The molecular formula is C42H62B2N4Se2. The van der Waals surface area contributed by atoms with Gasteiger partial charge in [0.2, 0.25) is 0 Å². The number of benzene rings is 2. The quantitative estimate of drug-likeness (QED) is 0.197. The molecule has 3 aliphatic heterocycles. The maximum atomic E-state index is 11.6. The predicted octanol–water partition coefficient (Wildman–Crippen LogP) is 9.98. The van der Waals surface area contributed by atoms with E-state index in [1.54, 1.807) is 0 Å². The van der Waals surface area contributed by atoms with E-state index in [0.29, 0.717) is 23.7 Å². The summed E-state index contributed by atoms with van der Waals surface area (Å²) in [6.45, 7) is 37.5. The Bertz CT molecular complexity index is 1670. The van der Waals surface area contributed by atoms with E-state index < -0.39 is 7.54 Å². The van der Waals surface area contributed by atoms with Gasteiger partial charge in [0.15, 0.2) is 0 Å². The van der Waals surface area contributed by atoms with E-state index in [1.807, 2.05) is 0 Å². The molecule has 1 saturated heterocycles. The Hall–Kier alpha value is -2.07. The first kappa shape index (κ1) is 39.1. The molecule has 0 spiro atoms. The Morgan fingerprint density at radius 3 is 1.02 bits per heavy atom. The molecule has 4 nitrogen and oxygen atoms in total. The monoisotopic (exact) mass is 804 g/mol. The molecule has 0 atom stereocenters. The van der Waals surface area contributed by atoms with Crippen molar-refractivity contribution in [2.45, 2.75) is 158 Å². The summed E-state index contributed by atoms with van der Waals surface area (Å²) in [5, 5.41) is 23.2. The molecule has 0 aliphatic carbocycles. The fraction of sp³-hybridized carbons (Fsp3) is 0.619. The van der Waals surface area contributed by atoms with E-state index in [-0.39, 0.29) is 51.1 Å². The van der Waals surface area contributed by atoms with Crippen LogP contribution >= 0.6 is 0 Å². The second-order valence-electron chi connectivity index (χ2n) is 19.3. The van der Waals surface area contributed by atoms with Crippen LogP contribution in [-0.4, -0.2) is 68.2 Å². The Morgan fingerprint density at radius 1 is 0.540 bits per heavy atom. The third kappa shape index (κ3) is 6.04. The van der Waals surface area contributed by atoms with Crippen molar-refractivity contribution >= 4 is 59.4 Å². The Kier molecular flexibility index (Phi) is 10.0. The van der Waals surface area contributed by atoms with Crippen molar-refractivity contribution in [1.82, 2.24) is 0 Å². The standard InChI is InChI=1S/C42H62B2N4Se2/c1-27(2)31-19-17-20-32(28(3)4)35(31)47-37(39(9,10)23-41(47,13)14)43(25-45)49-44(26-46,50-43)38-40(11,12)24-42(15,16)48(38)36-33(29(5)6)21-18-22-34(36)30(7)8/h17-22,27-30H,23-24H2,1-16H3. The predicted molar refractivity (Wildman–Crippen MR) is 218 cm³/mol. The van der Waals surface area contributed by atoms with Gasteiger partial charge in [0.25, 0.3) is 0 Å². The number of nitriles is 2. The molecule has 0 unspecified atom stereocenters. The van der Waals surface area contributed by atoms with Crippen molar-refractivity contribution in [3.8, 4) is 11.9 Å². The van der Waals surface area contributed by atoms with E-state index in [0.717, 1.165) is 12.8 Å². The summed E-state index contributed by atoms with van der Waals surface area (Å²) in [6, 6.07) is 13.7. The normalized spacial score (nSPS) is 26.6. The van der Waals surface area contributed by atoms with Crippen LogP contribution in [0, 0.1) is 33.3 Å². The van der Waals surface area contributed by atoms with Crippen molar-refractivity contribution in [2.24, 2.45) is 10.8 Å². The molecule has 0 radical (unpaired) electrons. The Balaban J connectivity index is 1.85. The molecule has 0 amide bonds. The molecule has 5 rings (SSSR count). The second-order valence-corrected chi connectivity index (χ2v) is 29.4. The Labute approximate surface area is 317 Å². The third-order valence-corrected chi connectivity index (χ3v) is 22.6. The first-order chi connectivity index (χ1) is 22.9. The molecular weight excluding hydrogens is 740 g/mol. The Morgan fingerprint density at radius 2 is 0.800 bits per heavy atom.